The molecular formula is C31H42F3N5O4. The Bertz CT molecular complexity index is 1190. The third-order valence-corrected chi connectivity index (χ3v) is 11.9. The van der Waals surface area contributed by atoms with Gasteiger partial charge in [0.2, 0.25) is 17.7 Å². The molecular weight excluding hydrogens is 563 g/mol. The smallest absolute Gasteiger partial charge is 0.356 e. The van der Waals surface area contributed by atoms with E-state index in [2.05, 4.69) is 22.0 Å². The fraction of sp³-hybridized carbons (Fsp3) is 0.839. The van der Waals surface area contributed by atoms with Crippen LogP contribution in [0.1, 0.15) is 78.1 Å². The lowest BCUT2D eigenvalue weighted by Crippen LogP contribution is -2.65. The van der Waals surface area contributed by atoms with Crippen molar-refractivity contribution in [1.29, 1.82) is 5.26 Å². The van der Waals surface area contributed by atoms with Crippen molar-refractivity contribution in [2.24, 2.45) is 46.3 Å². The minimum Gasteiger partial charge on any atom is -0.356 e. The van der Waals surface area contributed by atoms with Crippen molar-refractivity contribution in [3.05, 3.63) is 0 Å². The van der Waals surface area contributed by atoms with Gasteiger partial charge in [0.05, 0.1) is 6.07 Å². The average molecular weight is 606 g/mol. The van der Waals surface area contributed by atoms with Crippen molar-refractivity contribution in [2.45, 2.75) is 102 Å². The molecule has 2 aliphatic heterocycles. The highest BCUT2D eigenvalue weighted by Gasteiger charge is 2.70. The molecule has 0 spiro atoms. The number of rotatable bonds is 7. The number of carbonyl (C=O) groups excluding carboxylic acids is 4. The molecule has 0 radical (unpaired) electrons. The first-order chi connectivity index (χ1) is 20.2. The van der Waals surface area contributed by atoms with Crippen LogP contribution in [0.2, 0.25) is 0 Å². The van der Waals surface area contributed by atoms with Gasteiger partial charge in [0.1, 0.15) is 18.1 Å². The minimum atomic E-state index is -5.14. The lowest BCUT2D eigenvalue weighted by molar-refractivity contribution is -0.179. The lowest BCUT2D eigenvalue weighted by Gasteiger charge is -2.59. The number of hydrogen-bond acceptors (Lipinski definition) is 5. The minimum absolute atomic E-state index is 0.0179. The van der Waals surface area contributed by atoms with Gasteiger partial charge in [-0.05, 0) is 92.8 Å². The van der Waals surface area contributed by atoms with Gasteiger partial charge in [0.25, 0.3) is 0 Å². The Hall–Kier alpha value is -2.84. The van der Waals surface area contributed by atoms with Crippen molar-refractivity contribution in [1.82, 2.24) is 20.9 Å². The van der Waals surface area contributed by atoms with E-state index in [9.17, 15) is 37.6 Å². The molecule has 4 bridgehead atoms. The molecule has 0 aromatic carbocycles. The SMILES string of the molecule is CC1(C)[C@@H]2[C@@H](C(=O)N[C@H](C#N)C[C@@H]3CCCCNC3=O)N(C(=O)C(NC(=O)C(F)(F)F)C34CC5CC(CC(C5)C3)C4)C[C@@H]21. The first kappa shape index (κ1) is 30.2. The van der Waals surface area contributed by atoms with E-state index >= 15 is 0 Å². The fourth-order valence-electron chi connectivity index (χ4n) is 10.1. The Kier molecular flexibility index (Phi) is 7.48. The van der Waals surface area contributed by atoms with Gasteiger partial charge in [0.15, 0.2) is 0 Å². The van der Waals surface area contributed by atoms with Crippen molar-refractivity contribution < 1.29 is 32.3 Å². The van der Waals surface area contributed by atoms with E-state index < -0.39 is 53.4 Å². The van der Waals surface area contributed by atoms with Gasteiger partial charge in [-0.2, -0.15) is 18.4 Å². The van der Waals surface area contributed by atoms with Crippen molar-refractivity contribution in [3.63, 3.8) is 0 Å². The summed E-state index contributed by atoms with van der Waals surface area (Å²) >= 11 is 0. The van der Waals surface area contributed by atoms with Gasteiger partial charge < -0.3 is 20.9 Å². The van der Waals surface area contributed by atoms with Crippen LogP contribution in [0.5, 0.6) is 0 Å². The lowest BCUT2D eigenvalue weighted by atomic mass is 9.47. The summed E-state index contributed by atoms with van der Waals surface area (Å²) in [5.41, 5.74) is -1.02. The summed E-state index contributed by atoms with van der Waals surface area (Å²) in [6.07, 6.45) is 2.09. The summed E-state index contributed by atoms with van der Waals surface area (Å²) < 4.78 is 40.7. The highest BCUT2D eigenvalue weighted by molar-refractivity contribution is 5.95. The molecule has 43 heavy (non-hydrogen) atoms. The highest BCUT2D eigenvalue weighted by Crippen LogP contribution is 2.66. The summed E-state index contributed by atoms with van der Waals surface area (Å²) in [5, 5.41) is 17.6. The third-order valence-electron chi connectivity index (χ3n) is 11.9. The standard InChI is InChI=1S/C31H42F3N5O4/c1-29(2)21-15-39(23(22(21)29)26(41)37-20(14-35)10-19-5-3-4-6-36-25(19)40)27(42)24(38-28(43)31(32,33)34)30-11-16-7-17(12-30)9-18(8-16)13-30/h16-24H,3-13,15H2,1-2H3,(H,36,40)(H,37,41)(H,38,43)/t16?,17?,18?,19-,20-,21-,22-,23-,24?,30?/m0/s1. The van der Waals surface area contributed by atoms with Gasteiger partial charge in [0, 0.05) is 24.4 Å². The normalized spacial score (nSPS) is 38.7. The maximum Gasteiger partial charge on any atom is 0.471 e. The van der Waals surface area contributed by atoms with E-state index in [1.54, 1.807) is 0 Å². The largest absolute Gasteiger partial charge is 0.471 e. The van der Waals surface area contributed by atoms with Crippen LogP contribution >= 0.6 is 0 Å². The molecule has 6 atom stereocenters. The molecule has 4 amide bonds. The third kappa shape index (κ3) is 5.39. The fourth-order valence-corrected chi connectivity index (χ4v) is 10.1. The van der Waals surface area contributed by atoms with E-state index in [0.29, 0.717) is 50.0 Å². The molecule has 7 aliphatic rings. The molecule has 9 nitrogen and oxygen atoms in total. The van der Waals surface area contributed by atoms with Gasteiger partial charge >= 0.3 is 12.1 Å². The summed E-state index contributed by atoms with van der Waals surface area (Å²) in [6, 6.07) is -1.20. The van der Waals surface area contributed by atoms with Gasteiger partial charge in [-0.1, -0.05) is 20.3 Å². The number of alkyl halides is 3. The van der Waals surface area contributed by atoms with Crippen molar-refractivity contribution in [3.8, 4) is 6.07 Å². The van der Waals surface area contributed by atoms with Crippen LogP contribution in [0.4, 0.5) is 13.2 Å². The van der Waals surface area contributed by atoms with Crippen LogP contribution in [0.3, 0.4) is 0 Å². The number of hydrogen-bond donors (Lipinski definition) is 3. The van der Waals surface area contributed by atoms with Crippen LogP contribution in [0.15, 0.2) is 0 Å². The second kappa shape index (κ2) is 10.7. The average Bonchev–Trinajstić information content (AvgIpc) is 3.29. The van der Waals surface area contributed by atoms with E-state index in [1.807, 2.05) is 13.8 Å². The summed E-state index contributed by atoms with van der Waals surface area (Å²) in [7, 11) is 0. The van der Waals surface area contributed by atoms with Crippen molar-refractivity contribution in [2.75, 3.05) is 13.1 Å². The Balaban J connectivity index is 1.25. The van der Waals surface area contributed by atoms with Crippen LogP contribution in [0, 0.1) is 57.7 Å². The second-order valence-corrected chi connectivity index (χ2v) is 15.0. The van der Waals surface area contributed by atoms with Crippen LogP contribution < -0.4 is 16.0 Å². The van der Waals surface area contributed by atoms with Crippen molar-refractivity contribution >= 4 is 23.6 Å². The molecule has 236 valence electrons. The Morgan fingerprint density at radius 1 is 1.07 bits per heavy atom. The van der Waals surface area contributed by atoms with Gasteiger partial charge in [-0.25, -0.2) is 0 Å². The number of nitrogens with zero attached hydrogens (tertiary/aromatic N) is 2. The van der Waals surface area contributed by atoms with Crippen LogP contribution in [0.25, 0.3) is 0 Å². The molecule has 0 aromatic heterocycles. The predicted molar refractivity (Wildman–Crippen MR) is 147 cm³/mol. The van der Waals surface area contributed by atoms with Gasteiger partial charge in [-0.15, -0.1) is 0 Å². The number of fused-ring (bicyclic) bond motifs is 1. The number of amides is 4. The van der Waals surface area contributed by atoms with Crippen LogP contribution in [-0.4, -0.2) is 65.9 Å². The number of nitrogens with one attached hydrogen (secondary N) is 3. The van der Waals surface area contributed by atoms with E-state index in [4.69, 9.17) is 0 Å². The molecule has 7 rings (SSSR count). The number of carbonyl (C=O) groups is 4. The molecule has 2 heterocycles. The molecule has 5 aliphatic carbocycles. The second-order valence-electron chi connectivity index (χ2n) is 15.0. The van der Waals surface area contributed by atoms with Gasteiger partial charge in [-0.3, -0.25) is 19.2 Å². The molecule has 12 heteroatoms. The highest BCUT2D eigenvalue weighted by atomic mass is 19.4. The number of halogens is 3. The van der Waals surface area contributed by atoms with Crippen LogP contribution in [-0.2, 0) is 19.2 Å². The summed E-state index contributed by atoms with van der Waals surface area (Å²) in [4.78, 5) is 54.5. The molecule has 7 fully saturated rings. The zero-order valence-electron chi connectivity index (χ0n) is 24.8. The summed E-state index contributed by atoms with van der Waals surface area (Å²) in [6.45, 7) is 4.79. The monoisotopic (exact) mass is 605 g/mol. The Morgan fingerprint density at radius 3 is 2.28 bits per heavy atom. The zero-order chi connectivity index (χ0) is 30.9. The Morgan fingerprint density at radius 2 is 1.70 bits per heavy atom. The first-order valence-electron chi connectivity index (χ1n) is 15.9. The number of likely N-dealkylation sites (tertiary alicyclic amines) is 1. The molecule has 3 N–H and O–H groups in total. The van der Waals surface area contributed by atoms with E-state index in [-0.39, 0.29) is 36.1 Å². The predicted octanol–water partition coefficient (Wildman–Crippen LogP) is 3.05. The number of piperidine rings is 1. The maximum absolute atomic E-state index is 14.4. The molecule has 5 saturated carbocycles. The molecule has 1 unspecified atom stereocenters. The zero-order valence-corrected chi connectivity index (χ0v) is 24.8. The Labute approximate surface area is 250 Å². The first-order valence-corrected chi connectivity index (χ1v) is 15.9. The number of nitriles is 1. The topological polar surface area (TPSA) is 131 Å². The molecule has 0 aromatic rings. The summed E-state index contributed by atoms with van der Waals surface area (Å²) in [5.74, 6) is -3.10. The maximum atomic E-state index is 14.4. The van der Waals surface area contributed by atoms with E-state index in [1.165, 1.54) is 4.90 Å². The molecule has 2 saturated heterocycles. The van der Waals surface area contributed by atoms with E-state index in [0.717, 1.165) is 32.1 Å². The quantitative estimate of drug-likeness (QED) is 0.411.